The van der Waals surface area contributed by atoms with Crippen LogP contribution in [-0.4, -0.2) is 32.7 Å². The van der Waals surface area contributed by atoms with Gasteiger partial charge in [0.05, 0.1) is 20.3 Å². The van der Waals surface area contributed by atoms with E-state index < -0.39 is 21.5 Å². The first-order valence-electron chi connectivity index (χ1n) is 10.2. The minimum atomic E-state index is -3.85. The van der Waals surface area contributed by atoms with Crippen LogP contribution in [0, 0.1) is 12.7 Å². The van der Waals surface area contributed by atoms with Crippen LogP contribution < -0.4 is 5.32 Å². The molecule has 0 radical (unpaired) electrons. The lowest BCUT2D eigenvalue weighted by molar-refractivity contribution is 0.0565. The van der Waals surface area contributed by atoms with Gasteiger partial charge in [0.2, 0.25) is 9.84 Å². The summed E-state index contributed by atoms with van der Waals surface area (Å²) in [6.45, 7) is 7.02. The van der Waals surface area contributed by atoms with E-state index in [0.717, 1.165) is 5.56 Å². The topological polar surface area (TPSA) is 84.8 Å². The number of halogens is 1. The number of sulfone groups is 1. The molecule has 0 fully saturated rings. The van der Waals surface area contributed by atoms with E-state index in [2.05, 4.69) is 10.3 Å². The van der Waals surface area contributed by atoms with Gasteiger partial charge in [-0.05, 0) is 81.0 Å². The highest BCUT2D eigenvalue weighted by atomic mass is 32.2. The second-order valence-electron chi connectivity index (χ2n) is 8.34. The maximum atomic E-state index is 13.5. The van der Waals surface area contributed by atoms with Crippen molar-refractivity contribution in [3.05, 3.63) is 59.9 Å². The van der Waals surface area contributed by atoms with Crippen LogP contribution in [0.25, 0.3) is 11.1 Å². The molecule has 0 atom stereocenters. The van der Waals surface area contributed by atoms with Crippen LogP contribution in [0.15, 0.2) is 67.5 Å². The van der Waals surface area contributed by atoms with Gasteiger partial charge in [0, 0.05) is 0 Å². The summed E-state index contributed by atoms with van der Waals surface area (Å²) in [7, 11) is -3.85. The predicted molar refractivity (Wildman–Crippen MR) is 136 cm³/mol. The fourth-order valence-electron chi connectivity index (χ4n) is 3.10. The summed E-state index contributed by atoms with van der Waals surface area (Å²) in [4.78, 5) is 16.2. The smallest absolute Gasteiger partial charge is 0.412 e. The van der Waals surface area contributed by atoms with Crippen molar-refractivity contribution in [2.75, 3.05) is 6.26 Å². The van der Waals surface area contributed by atoms with Crippen LogP contribution >= 0.6 is 23.1 Å². The van der Waals surface area contributed by atoms with Gasteiger partial charge < -0.3 is 4.74 Å². The number of rotatable bonds is 6. The quantitative estimate of drug-likeness (QED) is 0.225. The lowest BCUT2D eigenvalue weighted by atomic mass is 10.0. The third kappa shape index (κ3) is 6.25. The molecule has 34 heavy (non-hydrogen) atoms. The molecule has 3 rings (SSSR count). The van der Waals surface area contributed by atoms with Gasteiger partial charge >= 0.3 is 6.09 Å². The third-order valence-corrected chi connectivity index (χ3v) is 8.76. The highest BCUT2D eigenvalue weighted by Gasteiger charge is 2.25. The second kappa shape index (κ2) is 10.3. The molecule has 2 aromatic carbocycles. The van der Waals surface area contributed by atoms with Gasteiger partial charge in [-0.1, -0.05) is 18.2 Å². The average molecular weight is 521 g/mol. The summed E-state index contributed by atoms with van der Waals surface area (Å²) in [6.07, 6.45) is 2.31. The van der Waals surface area contributed by atoms with E-state index in [9.17, 15) is 17.6 Å². The number of thioether (sulfide) groups is 1. The van der Waals surface area contributed by atoms with E-state index >= 15 is 0 Å². The van der Waals surface area contributed by atoms with Crippen molar-refractivity contribution in [2.24, 2.45) is 4.99 Å². The number of thiophene rings is 1. The Morgan fingerprint density at radius 2 is 1.91 bits per heavy atom. The minimum Gasteiger partial charge on any atom is -0.444 e. The zero-order chi connectivity index (χ0) is 25.1. The van der Waals surface area contributed by atoms with Crippen LogP contribution in [-0.2, 0) is 14.6 Å². The molecule has 0 unspecified atom stereocenters. The van der Waals surface area contributed by atoms with Gasteiger partial charge in [0.25, 0.3) is 0 Å². The van der Waals surface area contributed by atoms with Gasteiger partial charge in [0.15, 0.2) is 0 Å². The molecule has 0 aliphatic carbocycles. The number of nitrogens with zero attached hydrogens (tertiary/aromatic N) is 1. The molecule has 1 aromatic heterocycles. The first-order chi connectivity index (χ1) is 15.9. The highest BCUT2D eigenvalue weighted by molar-refractivity contribution is 8.01. The minimum absolute atomic E-state index is 0.129. The molecule has 0 saturated carbocycles. The molecule has 0 spiro atoms. The van der Waals surface area contributed by atoms with Crippen molar-refractivity contribution in [2.45, 2.75) is 47.3 Å². The van der Waals surface area contributed by atoms with Crippen molar-refractivity contribution >= 4 is 50.4 Å². The molecule has 1 N–H and O–H groups in total. The molecule has 1 heterocycles. The molecule has 3 aromatic rings. The van der Waals surface area contributed by atoms with Crippen LogP contribution in [0.2, 0.25) is 0 Å². The summed E-state index contributed by atoms with van der Waals surface area (Å²) in [5.74, 6) is -0.345. The number of amides is 1. The maximum absolute atomic E-state index is 13.5. The summed E-state index contributed by atoms with van der Waals surface area (Å²) in [5, 5.41) is 2.83. The van der Waals surface area contributed by atoms with Crippen molar-refractivity contribution in [3.8, 4) is 11.1 Å². The SMILES string of the molecule is CSc1sc(/N=C/NC(=O)OC(C)(C)C)cc1S(=O)(=O)c1cccc(-c2ccc(F)cc2C)c1. The molecule has 0 saturated heterocycles. The lowest BCUT2D eigenvalue weighted by Crippen LogP contribution is -2.31. The molecule has 6 nitrogen and oxygen atoms in total. The number of hydrogen-bond donors (Lipinski definition) is 1. The number of aliphatic imine (C=N–C) groups is 1. The second-order valence-corrected chi connectivity index (χ2v) is 12.4. The Morgan fingerprint density at radius 1 is 1.18 bits per heavy atom. The molecule has 1 amide bonds. The summed E-state index contributed by atoms with van der Waals surface area (Å²) in [5.41, 5.74) is 1.51. The van der Waals surface area contributed by atoms with Gasteiger partial charge in [-0.25, -0.2) is 22.6 Å². The largest absolute Gasteiger partial charge is 0.444 e. The molecular weight excluding hydrogens is 495 g/mol. The average Bonchev–Trinajstić information content (AvgIpc) is 3.17. The van der Waals surface area contributed by atoms with Crippen LogP contribution in [0.4, 0.5) is 14.2 Å². The van der Waals surface area contributed by atoms with E-state index in [1.807, 2.05) is 0 Å². The maximum Gasteiger partial charge on any atom is 0.412 e. The van der Waals surface area contributed by atoms with Crippen molar-refractivity contribution in [3.63, 3.8) is 0 Å². The molecule has 0 bridgehead atoms. The molecule has 180 valence electrons. The van der Waals surface area contributed by atoms with Gasteiger partial charge in [-0.15, -0.1) is 23.1 Å². The zero-order valence-corrected chi connectivity index (χ0v) is 21.8. The Hall–Kier alpha value is -2.69. The fraction of sp³-hybridized carbons (Fsp3) is 0.250. The molecule has 0 aliphatic heterocycles. The number of benzene rings is 2. The van der Waals surface area contributed by atoms with Crippen LogP contribution in [0.3, 0.4) is 0 Å². The van der Waals surface area contributed by atoms with Crippen molar-refractivity contribution in [1.29, 1.82) is 0 Å². The van der Waals surface area contributed by atoms with Gasteiger partial charge in [-0.3, -0.25) is 5.32 Å². The van der Waals surface area contributed by atoms with E-state index in [1.165, 1.54) is 53.7 Å². The van der Waals surface area contributed by atoms with Crippen LogP contribution in [0.1, 0.15) is 26.3 Å². The van der Waals surface area contributed by atoms with Crippen molar-refractivity contribution in [1.82, 2.24) is 5.32 Å². The lowest BCUT2D eigenvalue weighted by Gasteiger charge is -2.18. The van der Waals surface area contributed by atoms with Gasteiger partial charge in [-0.2, -0.15) is 0 Å². The summed E-state index contributed by atoms with van der Waals surface area (Å²) < 4.78 is 46.2. The molecular formula is C24H25FN2O4S3. The number of carbonyl (C=O) groups is 1. The van der Waals surface area contributed by atoms with E-state index in [0.29, 0.717) is 20.3 Å². The van der Waals surface area contributed by atoms with E-state index in [4.69, 9.17) is 4.74 Å². The predicted octanol–water partition coefficient (Wildman–Crippen LogP) is 6.60. The Labute approximate surface area is 207 Å². The Morgan fingerprint density at radius 3 is 2.56 bits per heavy atom. The van der Waals surface area contributed by atoms with E-state index in [1.54, 1.807) is 58.2 Å². The fourth-order valence-corrected chi connectivity index (χ4v) is 6.97. The summed E-state index contributed by atoms with van der Waals surface area (Å²) in [6, 6.07) is 12.5. The number of aryl methyl sites for hydroxylation is 1. The van der Waals surface area contributed by atoms with Gasteiger partial charge in [0.1, 0.15) is 16.4 Å². The monoisotopic (exact) mass is 520 g/mol. The number of hydrogen-bond acceptors (Lipinski definition) is 7. The Kier molecular flexibility index (Phi) is 7.84. The molecule has 0 aliphatic rings. The summed E-state index contributed by atoms with van der Waals surface area (Å²) >= 11 is 2.50. The van der Waals surface area contributed by atoms with Crippen molar-refractivity contribution < 1.29 is 22.3 Å². The Balaban J connectivity index is 1.90. The number of ether oxygens (including phenoxy) is 1. The highest BCUT2D eigenvalue weighted by Crippen LogP contribution is 2.41. The number of carbonyl (C=O) groups excluding carboxylic acids is 1. The molecule has 10 heteroatoms. The zero-order valence-electron chi connectivity index (χ0n) is 19.4. The standard InChI is InChI=1S/C24H25FN2O4S3/c1-15-11-17(25)9-10-19(15)16-7-6-8-18(12-16)34(29,30)20-13-21(33-22(20)32-5)26-14-27-23(28)31-24(2,3)4/h6-14H,1-5H3,(H,26,27,28). The van der Waals surface area contributed by atoms with Crippen LogP contribution in [0.5, 0.6) is 0 Å². The Bertz CT molecular complexity index is 1340. The van der Waals surface area contributed by atoms with E-state index in [-0.39, 0.29) is 15.6 Å². The normalized spacial score (nSPS) is 12.2. The first kappa shape index (κ1) is 25.9. The third-order valence-electron chi connectivity index (χ3n) is 4.54. The first-order valence-corrected chi connectivity index (χ1v) is 13.7. The number of nitrogens with one attached hydrogen (secondary N) is 1. The number of alkyl carbamates (subject to hydrolysis) is 1.